The number of aryl methyl sites for hydroxylation is 1. The van der Waals surface area contributed by atoms with E-state index in [4.69, 9.17) is 4.52 Å². The van der Waals surface area contributed by atoms with Crippen molar-refractivity contribution in [3.63, 3.8) is 0 Å². The maximum atomic E-state index is 12.1. The molecular weight excluding hydrogens is 292 g/mol. The fourth-order valence-electron chi connectivity index (χ4n) is 2.05. The van der Waals surface area contributed by atoms with E-state index in [1.54, 1.807) is 12.1 Å². The fourth-order valence-corrected chi connectivity index (χ4v) is 2.05. The Balaban J connectivity index is 1.86. The van der Waals surface area contributed by atoms with Gasteiger partial charge in [-0.05, 0) is 31.2 Å². The van der Waals surface area contributed by atoms with Gasteiger partial charge in [-0.15, -0.1) is 0 Å². The first-order valence-corrected chi connectivity index (χ1v) is 7.10. The standard InChI is InChI=1S/C15H19F2N3O2/c1-3-4-13-18-14(22-19-13)10-20(2)9-11-5-7-12(8-6-11)21-15(16)17/h5-8,15H,3-4,9-10H2,1-2H3. The van der Waals surface area contributed by atoms with Crippen molar-refractivity contribution in [3.8, 4) is 5.75 Å². The summed E-state index contributed by atoms with van der Waals surface area (Å²) in [4.78, 5) is 6.31. The molecule has 0 bridgehead atoms. The van der Waals surface area contributed by atoms with Crippen LogP contribution in [0.25, 0.3) is 0 Å². The van der Waals surface area contributed by atoms with Crippen LogP contribution in [0.3, 0.4) is 0 Å². The summed E-state index contributed by atoms with van der Waals surface area (Å²) in [6, 6.07) is 6.57. The minimum Gasteiger partial charge on any atom is -0.435 e. The highest BCUT2D eigenvalue weighted by molar-refractivity contribution is 5.27. The van der Waals surface area contributed by atoms with Crippen LogP contribution >= 0.6 is 0 Å². The molecule has 0 N–H and O–H groups in total. The molecule has 1 aromatic carbocycles. The predicted octanol–water partition coefficient (Wildman–Crippen LogP) is 3.26. The number of alkyl halides is 2. The van der Waals surface area contributed by atoms with Crippen molar-refractivity contribution in [1.82, 2.24) is 15.0 Å². The molecule has 0 aliphatic rings. The third-order valence-corrected chi connectivity index (χ3v) is 2.99. The molecule has 1 aromatic heterocycles. The van der Waals surface area contributed by atoms with Crippen LogP contribution in [-0.4, -0.2) is 28.7 Å². The van der Waals surface area contributed by atoms with E-state index < -0.39 is 6.61 Å². The Hall–Kier alpha value is -2.02. The molecule has 0 atom stereocenters. The van der Waals surface area contributed by atoms with Crippen LogP contribution in [0, 0.1) is 0 Å². The number of hydrogen-bond acceptors (Lipinski definition) is 5. The fraction of sp³-hybridized carbons (Fsp3) is 0.467. The lowest BCUT2D eigenvalue weighted by Gasteiger charge is -2.14. The first kappa shape index (κ1) is 16.4. The molecule has 120 valence electrons. The van der Waals surface area contributed by atoms with Gasteiger partial charge in [0.05, 0.1) is 6.54 Å². The topological polar surface area (TPSA) is 51.4 Å². The highest BCUT2D eigenvalue weighted by Gasteiger charge is 2.10. The van der Waals surface area contributed by atoms with Gasteiger partial charge in [-0.2, -0.15) is 13.8 Å². The number of halogens is 2. The number of ether oxygens (including phenoxy) is 1. The van der Waals surface area contributed by atoms with Gasteiger partial charge >= 0.3 is 6.61 Å². The quantitative estimate of drug-likeness (QED) is 0.749. The summed E-state index contributed by atoms with van der Waals surface area (Å²) in [7, 11) is 1.92. The van der Waals surface area contributed by atoms with Gasteiger partial charge in [-0.25, -0.2) is 0 Å². The average Bonchev–Trinajstić information content (AvgIpc) is 2.88. The molecule has 22 heavy (non-hydrogen) atoms. The maximum absolute atomic E-state index is 12.1. The smallest absolute Gasteiger partial charge is 0.387 e. The summed E-state index contributed by atoms with van der Waals surface area (Å²) in [6.45, 7) is 0.430. The van der Waals surface area contributed by atoms with Gasteiger partial charge in [0.25, 0.3) is 0 Å². The van der Waals surface area contributed by atoms with Crippen LogP contribution in [-0.2, 0) is 19.5 Å². The lowest BCUT2D eigenvalue weighted by atomic mass is 10.2. The van der Waals surface area contributed by atoms with E-state index in [0.29, 0.717) is 19.0 Å². The van der Waals surface area contributed by atoms with Crippen LogP contribution in [0.5, 0.6) is 5.75 Å². The summed E-state index contributed by atoms with van der Waals surface area (Å²) in [5.74, 6) is 1.45. The molecule has 0 fully saturated rings. The molecule has 0 spiro atoms. The molecule has 2 rings (SSSR count). The Bertz CT molecular complexity index is 572. The lowest BCUT2D eigenvalue weighted by Crippen LogP contribution is -2.17. The van der Waals surface area contributed by atoms with E-state index in [-0.39, 0.29) is 5.75 Å². The van der Waals surface area contributed by atoms with Crippen LogP contribution in [0.2, 0.25) is 0 Å². The van der Waals surface area contributed by atoms with Gasteiger partial charge in [0.1, 0.15) is 5.75 Å². The van der Waals surface area contributed by atoms with E-state index in [1.165, 1.54) is 12.1 Å². The van der Waals surface area contributed by atoms with Crippen LogP contribution in [0.15, 0.2) is 28.8 Å². The number of nitrogens with zero attached hydrogens (tertiary/aromatic N) is 3. The van der Waals surface area contributed by atoms with E-state index in [9.17, 15) is 8.78 Å². The van der Waals surface area contributed by atoms with Crippen molar-refractivity contribution < 1.29 is 18.0 Å². The van der Waals surface area contributed by atoms with Crippen molar-refractivity contribution in [1.29, 1.82) is 0 Å². The van der Waals surface area contributed by atoms with Gasteiger partial charge in [-0.3, -0.25) is 4.90 Å². The number of aromatic nitrogens is 2. The van der Waals surface area contributed by atoms with Crippen molar-refractivity contribution in [2.24, 2.45) is 0 Å². The Morgan fingerprint density at radius 2 is 1.95 bits per heavy atom. The number of hydrogen-bond donors (Lipinski definition) is 0. The maximum Gasteiger partial charge on any atom is 0.387 e. The normalized spacial score (nSPS) is 11.4. The van der Waals surface area contributed by atoms with Crippen LogP contribution in [0.1, 0.15) is 30.6 Å². The van der Waals surface area contributed by atoms with E-state index in [0.717, 1.165) is 24.2 Å². The van der Waals surface area contributed by atoms with Gasteiger partial charge in [0.2, 0.25) is 5.89 Å². The zero-order valence-electron chi connectivity index (χ0n) is 12.6. The SMILES string of the molecule is CCCc1noc(CN(C)Cc2ccc(OC(F)F)cc2)n1. The third kappa shape index (κ3) is 5.07. The molecule has 5 nitrogen and oxygen atoms in total. The van der Waals surface area contributed by atoms with Crippen molar-refractivity contribution in [2.45, 2.75) is 39.5 Å². The molecule has 7 heteroatoms. The molecule has 0 unspecified atom stereocenters. The lowest BCUT2D eigenvalue weighted by molar-refractivity contribution is -0.0498. The highest BCUT2D eigenvalue weighted by atomic mass is 19.3. The minimum atomic E-state index is -2.80. The Kier molecular flexibility index (Phi) is 5.83. The zero-order chi connectivity index (χ0) is 15.9. The molecule has 0 saturated carbocycles. The minimum absolute atomic E-state index is 0.155. The van der Waals surface area contributed by atoms with Gasteiger partial charge < -0.3 is 9.26 Å². The second kappa shape index (κ2) is 7.84. The van der Waals surface area contributed by atoms with Crippen molar-refractivity contribution in [2.75, 3.05) is 7.05 Å². The summed E-state index contributed by atoms with van der Waals surface area (Å²) >= 11 is 0. The number of rotatable bonds is 8. The molecule has 0 aliphatic heterocycles. The molecule has 0 amide bonds. The Morgan fingerprint density at radius 3 is 2.59 bits per heavy atom. The summed E-state index contributed by atoms with van der Waals surface area (Å²) < 4.78 is 33.7. The Labute approximate surface area is 127 Å². The molecule has 1 heterocycles. The molecular formula is C15H19F2N3O2. The van der Waals surface area contributed by atoms with Gasteiger partial charge in [0.15, 0.2) is 5.82 Å². The monoisotopic (exact) mass is 311 g/mol. The Morgan fingerprint density at radius 1 is 1.23 bits per heavy atom. The first-order valence-electron chi connectivity index (χ1n) is 7.10. The highest BCUT2D eigenvalue weighted by Crippen LogP contribution is 2.16. The number of benzene rings is 1. The predicted molar refractivity (Wildman–Crippen MR) is 76.5 cm³/mol. The van der Waals surface area contributed by atoms with Crippen molar-refractivity contribution >= 4 is 0 Å². The average molecular weight is 311 g/mol. The van der Waals surface area contributed by atoms with E-state index >= 15 is 0 Å². The summed E-state index contributed by atoms with van der Waals surface area (Å²) in [6.07, 6.45) is 1.78. The molecule has 0 saturated heterocycles. The molecule has 2 aromatic rings. The summed E-state index contributed by atoms with van der Waals surface area (Å²) in [5, 5.41) is 3.90. The van der Waals surface area contributed by atoms with E-state index in [2.05, 4.69) is 21.8 Å². The van der Waals surface area contributed by atoms with Gasteiger partial charge in [0, 0.05) is 13.0 Å². The van der Waals surface area contributed by atoms with Gasteiger partial charge in [-0.1, -0.05) is 24.2 Å². The van der Waals surface area contributed by atoms with E-state index in [1.807, 2.05) is 11.9 Å². The third-order valence-electron chi connectivity index (χ3n) is 2.99. The zero-order valence-corrected chi connectivity index (χ0v) is 12.6. The van der Waals surface area contributed by atoms with Crippen LogP contribution in [0.4, 0.5) is 8.78 Å². The summed E-state index contributed by atoms with van der Waals surface area (Å²) in [5.41, 5.74) is 0.984. The second-order valence-corrected chi connectivity index (χ2v) is 5.05. The van der Waals surface area contributed by atoms with Crippen LogP contribution < -0.4 is 4.74 Å². The molecule has 0 radical (unpaired) electrons. The molecule has 0 aliphatic carbocycles. The second-order valence-electron chi connectivity index (χ2n) is 5.05. The van der Waals surface area contributed by atoms with Crippen molar-refractivity contribution in [3.05, 3.63) is 41.5 Å². The first-order chi connectivity index (χ1) is 10.6. The largest absolute Gasteiger partial charge is 0.435 e.